The number of hydrogen-bond acceptors (Lipinski definition) is 4. The molecule has 0 saturated carbocycles. The Morgan fingerprint density at radius 2 is 1.95 bits per heavy atom. The van der Waals surface area contributed by atoms with Crippen molar-refractivity contribution >= 4 is 28.9 Å². The topological polar surface area (TPSA) is 66.9 Å². The maximum Gasteiger partial charge on any atom is 0.273 e. The van der Waals surface area contributed by atoms with Crippen LogP contribution >= 0.6 is 11.6 Å². The van der Waals surface area contributed by atoms with Gasteiger partial charge in [0, 0.05) is 18.8 Å². The van der Waals surface area contributed by atoms with Crippen molar-refractivity contribution in [3.05, 3.63) is 46.7 Å². The lowest BCUT2D eigenvalue weighted by Crippen LogP contribution is -2.21. The first-order chi connectivity index (χ1) is 9.11. The summed E-state index contributed by atoms with van der Waals surface area (Å²) in [5.41, 5.74) is 2.67. The van der Waals surface area contributed by atoms with Crippen LogP contribution in [0.3, 0.4) is 0 Å². The fourth-order valence-corrected chi connectivity index (χ4v) is 1.75. The predicted molar refractivity (Wildman–Crippen MR) is 74.9 cm³/mol. The van der Waals surface area contributed by atoms with Crippen LogP contribution in [-0.4, -0.2) is 23.2 Å². The Labute approximate surface area is 116 Å². The quantitative estimate of drug-likeness (QED) is 0.904. The standard InChI is InChI=1S/C13H13ClN4O/c1-8-5-3-4-6-9(8)16-10-7-11(14)17-18-12(10)13(19)15-2/h3-7H,1-2H3,(H,15,19)(H,16,17). The van der Waals surface area contributed by atoms with E-state index in [1.807, 2.05) is 31.2 Å². The van der Waals surface area contributed by atoms with Crippen LogP contribution in [0.1, 0.15) is 16.1 Å². The van der Waals surface area contributed by atoms with E-state index in [1.165, 1.54) is 7.05 Å². The molecule has 0 atom stereocenters. The summed E-state index contributed by atoms with van der Waals surface area (Å²) in [6.45, 7) is 1.97. The van der Waals surface area contributed by atoms with Crippen LogP contribution in [0.25, 0.3) is 0 Å². The minimum Gasteiger partial charge on any atom is -0.354 e. The first-order valence-corrected chi connectivity index (χ1v) is 6.07. The maximum absolute atomic E-state index is 11.7. The van der Waals surface area contributed by atoms with Crippen LogP contribution < -0.4 is 10.6 Å². The minimum atomic E-state index is -0.319. The molecule has 0 saturated heterocycles. The summed E-state index contributed by atoms with van der Waals surface area (Å²) in [7, 11) is 1.54. The smallest absolute Gasteiger partial charge is 0.273 e. The van der Waals surface area contributed by atoms with Gasteiger partial charge in [0.1, 0.15) is 0 Å². The molecule has 0 spiro atoms. The number of carbonyl (C=O) groups excluding carboxylic acids is 1. The van der Waals surface area contributed by atoms with Gasteiger partial charge in [-0.25, -0.2) is 0 Å². The van der Waals surface area contributed by atoms with Crippen molar-refractivity contribution in [1.82, 2.24) is 15.5 Å². The van der Waals surface area contributed by atoms with Crippen LogP contribution in [0.4, 0.5) is 11.4 Å². The third kappa shape index (κ3) is 3.00. The fourth-order valence-electron chi connectivity index (χ4n) is 1.61. The molecule has 0 fully saturated rings. The molecule has 0 aliphatic rings. The number of nitrogens with one attached hydrogen (secondary N) is 2. The number of rotatable bonds is 3. The Kier molecular flexibility index (Phi) is 3.97. The van der Waals surface area contributed by atoms with Crippen molar-refractivity contribution in [2.75, 3.05) is 12.4 Å². The molecule has 19 heavy (non-hydrogen) atoms. The van der Waals surface area contributed by atoms with Crippen molar-refractivity contribution < 1.29 is 4.79 Å². The third-order valence-electron chi connectivity index (χ3n) is 2.62. The molecule has 2 N–H and O–H groups in total. The van der Waals surface area contributed by atoms with Gasteiger partial charge in [0.15, 0.2) is 10.8 Å². The van der Waals surface area contributed by atoms with Crippen LogP contribution in [-0.2, 0) is 0 Å². The SMILES string of the molecule is CNC(=O)c1nnc(Cl)cc1Nc1ccccc1C. The van der Waals surface area contributed by atoms with Gasteiger partial charge in [0.05, 0.1) is 5.69 Å². The summed E-state index contributed by atoms with van der Waals surface area (Å²) in [5, 5.41) is 13.4. The molecule has 1 amide bonds. The average molecular weight is 277 g/mol. The number of carbonyl (C=O) groups is 1. The molecule has 2 rings (SSSR count). The molecule has 1 heterocycles. The number of halogens is 1. The molecule has 2 aromatic rings. The molecular weight excluding hydrogens is 264 g/mol. The second-order valence-electron chi connectivity index (χ2n) is 3.95. The van der Waals surface area contributed by atoms with Crippen molar-refractivity contribution in [2.45, 2.75) is 6.92 Å². The second kappa shape index (κ2) is 5.67. The van der Waals surface area contributed by atoms with Gasteiger partial charge in [-0.2, -0.15) is 0 Å². The lowest BCUT2D eigenvalue weighted by molar-refractivity contribution is 0.0958. The van der Waals surface area contributed by atoms with Gasteiger partial charge < -0.3 is 10.6 Å². The Bertz CT molecular complexity index is 615. The molecule has 0 radical (unpaired) electrons. The molecule has 0 unspecified atom stereocenters. The van der Waals surface area contributed by atoms with E-state index in [1.54, 1.807) is 6.07 Å². The van der Waals surface area contributed by atoms with Crippen molar-refractivity contribution in [1.29, 1.82) is 0 Å². The molecule has 0 aliphatic heterocycles. The van der Waals surface area contributed by atoms with Gasteiger partial charge in [-0.15, -0.1) is 10.2 Å². The number of benzene rings is 1. The third-order valence-corrected chi connectivity index (χ3v) is 2.81. The molecule has 98 valence electrons. The van der Waals surface area contributed by atoms with E-state index in [-0.39, 0.29) is 16.8 Å². The number of nitrogens with zero attached hydrogens (tertiary/aromatic N) is 2. The molecule has 0 aliphatic carbocycles. The van der Waals surface area contributed by atoms with Gasteiger partial charge in [0.25, 0.3) is 5.91 Å². The summed E-state index contributed by atoms with van der Waals surface area (Å²) >= 11 is 5.83. The van der Waals surface area contributed by atoms with E-state index in [9.17, 15) is 4.79 Å². The van der Waals surface area contributed by atoms with Crippen molar-refractivity contribution in [3.63, 3.8) is 0 Å². The van der Waals surface area contributed by atoms with Crippen LogP contribution in [0, 0.1) is 6.92 Å². The van der Waals surface area contributed by atoms with E-state index < -0.39 is 0 Å². The zero-order chi connectivity index (χ0) is 13.8. The van der Waals surface area contributed by atoms with Gasteiger partial charge in [-0.3, -0.25) is 4.79 Å². The van der Waals surface area contributed by atoms with E-state index in [4.69, 9.17) is 11.6 Å². The summed E-state index contributed by atoms with van der Waals surface area (Å²) < 4.78 is 0. The van der Waals surface area contributed by atoms with E-state index in [2.05, 4.69) is 20.8 Å². The Balaban J connectivity index is 2.41. The highest BCUT2D eigenvalue weighted by Crippen LogP contribution is 2.23. The van der Waals surface area contributed by atoms with Crippen LogP contribution in [0.5, 0.6) is 0 Å². The summed E-state index contributed by atoms with van der Waals surface area (Å²) in [6.07, 6.45) is 0. The number of amides is 1. The number of hydrogen-bond donors (Lipinski definition) is 2. The van der Waals surface area contributed by atoms with Crippen molar-refractivity contribution in [3.8, 4) is 0 Å². The molecule has 1 aromatic carbocycles. The highest BCUT2D eigenvalue weighted by molar-refractivity contribution is 6.29. The largest absolute Gasteiger partial charge is 0.354 e. The van der Waals surface area contributed by atoms with Gasteiger partial charge in [-0.1, -0.05) is 29.8 Å². The minimum absolute atomic E-state index is 0.204. The molecule has 5 nitrogen and oxygen atoms in total. The zero-order valence-electron chi connectivity index (χ0n) is 10.6. The summed E-state index contributed by atoms with van der Waals surface area (Å²) in [5.74, 6) is -0.319. The summed E-state index contributed by atoms with van der Waals surface area (Å²) in [6, 6.07) is 9.31. The van der Waals surface area contributed by atoms with Gasteiger partial charge >= 0.3 is 0 Å². The molecular formula is C13H13ClN4O. The predicted octanol–water partition coefficient (Wildman–Crippen LogP) is 2.54. The van der Waals surface area contributed by atoms with E-state index in [0.29, 0.717) is 5.69 Å². The maximum atomic E-state index is 11.7. The number of aromatic nitrogens is 2. The monoisotopic (exact) mass is 276 g/mol. The second-order valence-corrected chi connectivity index (χ2v) is 4.34. The highest BCUT2D eigenvalue weighted by atomic mass is 35.5. The fraction of sp³-hybridized carbons (Fsp3) is 0.154. The van der Waals surface area contributed by atoms with E-state index >= 15 is 0 Å². The highest BCUT2D eigenvalue weighted by Gasteiger charge is 2.14. The average Bonchev–Trinajstić information content (AvgIpc) is 2.41. The zero-order valence-corrected chi connectivity index (χ0v) is 11.3. The molecule has 1 aromatic heterocycles. The Hall–Kier alpha value is -2.14. The van der Waals surface area contributed by atoms with Crippen LogP contribution in [0.2, 0.25) is 5.15 Å². The molecule has 0 bridgehead atoms. The lowest BCUT2D eigenvalue weighted by atomic mass is 10.2. The Morgan fingerprint density at radius 1 is 1.21 bits per heavy atom. The number of anilines is 2. The number of aryl methyl sites for hydroxylation is 1. The van der Waals surface area contributed by atoms with Gasteiger partial charge in [0.2, 0.25) is 0 Å². The lowest BCUT2D eigenvalue weighted by Gasteiger charge is -2.12. The Morgan fingerprint density at radius 3 is 2.63 bits per heavy atom. The first kappa shape index (κ1) is 13.3. The summed E-state index contributed by atoms with van der Waals surface area (Å²) in [4.78, 5) is 11.7. The van der Waals surface area contributed by atoms with Crippen LogP contribution in [0.15, 0.2) is 30.3 Å². The van der Waals surface area contributed by atoms with Gasteiger partial charge in [-0.05, 0) is 18.6 Å². The first-order valence-electron chi connectivity index (χ1n) is 5.70. The number of para-hydroxylation sites is 1. The van der Waals surface area contributed by atoms with Crippen molar-refractivity contribution in [2.24, 2.45) is 0 Å². The molecule has 6 heteroatoms. The normalized spacial score (nSPS) is 10.1. The van der Waals surface area contributed by atoms with E-state index in [0.717, 1.165) is 11.3 Å².